The molecule has 0 spiro atoms. The third kappa shape index (κ3) is 5.95. The van der Waals surface area contributed by atoms with Crippen molar-refractivity contribution in [3.8, 4) is 22.3 Å². The molecule has 0 bridgehead atoms. The number of fused-ring (bicyclic) bond motifs is 8. The number of furan rings is 1. The highest BCUT2D eigenvalue weighted by Crippen LogP contribution is 2.42. The number of rotatable bonds is 8. The molecule has 0 saturated heterocycles. The molecule has 0 saturated carbocycles. The number of hydrogen-bond donors (Lipinski definition) is 0. The first-order valence-corrected chi connectivity index (χ1v) is 19.0. The zero-order chi connectivity index (χ0) is 37.4. The molecular formula is C54H37NO. The fourth-order valence-corrected chi connectivity index (χ4v) is 8.09. The second kappa shape index (κ2) is 14.1. The van der Waals surface area contributed by atoms with Gasteiger partial charge in [0.2, 0.25) is 0 Å². The standard InChI is InChI=1S/C54H37NO/c1-2-3-17-44(34-37-22-33-53-51(35-37)50-31-29-41-16-8-10-20-49(41)54(50)56-53)55(45-30-32-47-43(36-45)28-27-40-15-7-9-18-46(40)47)52-21-12-11-19-48(52)42-25-23-39(24-26-42)38-13-5-4-6-14-38/h2-36H,1H2/b17-3-,44-34-. The van der Waals surface area contributed by atoms with Gasteiger partial charge in [-0.05, 0) is 97.7 Å². The molecule has 56 heavy (non-hydrogen) atoms. The highest BCUT2D eigenvalue weighted by molar-refractivity contribution is 6.15. The number of hydrogen-bond acceptors (Lipinski definition) is 2. The third-order valence-corrected chi connectivity index (χ3v) is 10.8. The van der Waals surface area contributed by atoms with E-state index < -0.39 is 0 Å². The maximum atomic E-state index is 6.49. The molecule has 2 nitrogen and oxygen atoms in total. The Morgan fingerprint density at radius 3 is 1.96 bits per heavy atom. The van der Waals surface area contributed by atoms with Gasteiger partial charge in [-0.2, -0.15) is 0 Å². The van der Waals surface area contributed by atoms with E-state index in [4.69, 9.17) is 4.42 Å². The summed E-state index contributed by atoms with van der Waals surface area (Å²) in [6, 6.07) is 67.3. The number of allylic oxidation sites excluding steroid dienone is 3. The van der Waals surface area contributed by atoms with Crippen LogP contribution in [0.1, 0.15) is 5.56 Å². The molecule has 0 fully saturated rings. The Kier molecular flexibility index (Phi) is 8.35. The van der Waals surface area contributed by atoms with Gasteiger partial charge in [0, 0.05) is 33.1 Å². The third-order valence-electron chi connectivity index (χ3n) is 10.8. The smallest absolute Gasteiger partial charge is 0.143 e. The maximum Gasteiger partial charge on any atom is 0.143 e. The van der Waals surface area contributed by atoms with E-state index in [1.54, 1.807) is 0 Å². The number of benzene rings is 9. The zero-order valence-corrected chi connectivity index (χ0v) is 30.8. The van der Waals surface area contributed by atoms with Crippen LogP contribution in [0.25, 0.3) is 82.6 Å². The summed E-state index contributed by atoms with van der Waals surface area (Å²) in [4.78, 5) is 2.38. The van der Waals surface area contributed by atoms with Crippen molar-refractivity contribution in [2.24, 2.45) is 0 Å². The summed E-state index contributed by atoms with van der Waals surface area (Å²) in [6.07, 6.45) is 8.27. The van der Waals surface area contributed by atoms with Crippen LogP contribution in [0.4, 0.5) is 11.4 Å². The molecule has 0 aliphatic rings. The van der Waals surface area contributed by atoms with Crippen molar-refractivity contribution in [3.63, 3.8) is 0 Å². The highest BCUT2D eigenvalue weighted by Gasteiger charge is 2.19. The van der Waals surface area contributed by atoms with Crippen LogP contribution in [0, 0.1) is 0 Å². The Morgan fingerprint density at radius 2 is 1.12 bits per heavy atom. The van der Waals surface area contributed by atoms with Crippen molar-refractivity contribution in [2.75, 3.05) is 4.90 Å². The van der Waals surface area contributed by atoms with Crippen LogP contribution in [-0.2, 0) is 0 Å². The molecule has 10 aromatic rings. The molecule has 0 radical (unpaired) electrons. The van der Waals surface area contributed by atoms with Gasteiger partial charge in [-0.15, -0.1) is 0 Å². The lowest BCUT2D eigenvalue weighted by Crippen LogP contribution is -2.16. The molecule has 0 N–H and O–H groups in total. The summed E-state index contributed by atoms with van der Waals surface area (Å²) < 4.78 is 6.49. The molecule has 1 aromatic heterocycles. The van der Waals surface area contributed by atoms with Crippen LogP contribution in [0.3, 0.4) is 0 Å². The second-order valence-electron chi connectivity index (χ2n) is 14.2. The summed E-state index contributed by atoms with van der Waals surface area (Å²) >= 11 is 0. The van der Waals surface area contributed by atoms with E-state index in [2.05, 4.69) is 212 Å². The molecule has 1 heterocycles. The minimum Gasteiger partial charge on any atom is -0.455 e. The van der Waals surface area contributed by atoms with Crippen LogP contribution < -0.4 is 4.90 Å². The van der Waals surface area contributed by atoms with Gasteiger partial charge in [-0.25, -0.2) is 0 Å². The Balaban J connectivity index is 1.17. The predicted molar refractivity (Wildman–Crippen MR) is 239 cm³/mol. The molecule has 2 heteroatoms. The average Bonchev–Trinajstić information content (AvgIpc) is 3.64. The van der Waals surface area contributed by atoms with Gasteiger partial charge in [0.1, 0.15) is 11.2 Å². The first kappa shape index (κ1) is 33.2. The summed E-state index contributed by atoms with van der Waals surface area (Å²) in [5.41, 5.74) is 10.7. The lowest BCUT2D eigenvalue weighted by molar-refractivity contribution is 0.672. The van der Waals surface area contributed by atoms with Gasteiger partial charge in [0.15, 0.2) is 0 Å². The van der Waals surface area contributed by atoms with Crippen molar-refractivity contribution in [2.45, 2.75) is 0 Å². The van der Waals surface area contributed by atoms with Crippen LogP contribution in [0.15, 0.2) is 223 Å². The van der Waals surface area contributed by atoms with Gasteiger partial charge >= 0.3 is 0 Å². The molecule has 0 aliphatic heterocycles. The second-order valence-corrected chi connectivity index (χ2v) is 14.2. The van der Waals surface area contributed by atoms with Gasteiger partial charge in [0.05, 0.1) is 5.69 Å². The zero-order valence-electron chi connectivity index (χ0n) is 30.8. The maximum absolute atomic E-state index is 6.49. The topological polar surface area (TPSA) is 16.4 Å². The summed E-state index contributed by atoms with van der Waals surface area (Å²) in [7, 11) is 0. The predicted octanol–water partition coefficient (Wildman–Crippen LogP) is 15.3. The Morgan fingerprint density at radius 1 is 0.482 bits per heavy atom. The molecule has 9 aromatic carbocycles. The number of anilines is 2. The Bertz CT molecular complexity index is 3150. The molecule has 0 unspecified atom stereocenters. The van der Waals surface area contributed by atoms with E-state index in [1.807, 2.05) is 12.2 Å². The molecule has 10 rings (SSSR count). The minimum atomic E-state index is 0.875. The van der Waals surface area contributed by atoms with Crippen molar-refractivity contribution < 1.29 is 4.42 Å². The first-order chi connectivity index (χ1) is 27.7. The summed E-state index contributed by atoms with van der Waals surface area (Å²) in [5, 5.41) is 9.39. The minimum absolute atomic E-state index is 0.875. The van der Waals surface area contributed by atoms with Crippen LogP contribution in [-0.4, -0.2) is 0 Å². The lowest BCUT2D eigenvalue weighted by atomic mass is 9.97. The molecular weight excluding hydrogens is 679 g/mol. The molecule has 264 valence electrons. The average molecular weight is 716 g/mol. The van der Waals surface area contributed by atoms with Crippen molar-refractivity contribution >= 4 is 71.7 Å². The van der Waals surface area contributed by atoms with E-state index in [0.29, 0.717) is 0 Å². The molecule has 0 amide bonds. The molecule has 0 atom stereocenters. The van der Waals surface area contributed by atoms with Crippen molar-refractivity contribution in [3.05, 3.63) is 224 Å². The van der Waals surface area contributed by atoms with Gasteiger partial charge in [-0.1, -0.05) is 170 Å². The fourth-order valence-electron chi connectivity index (χ4n) is 8.09. The SMILES string of the molecule is C=C/C=C\C(=C\c1ccc2oc3c4ccccc4ccc3c2c1)N(c1ccc2c(ccc3ccccc32)c1)c1ccccc1-c1ccc(-c2ccccc2)cc1. The monoisotopic (exact) mass is 715 g/mol. The van der Waals surface area contributed by atoms with Gasteiger partial charge in [-0.3, -0.25) is 0 Å². The fraction of sp³-hybridized carbons (Fsp3) is 0. The summed E-state index contributed by atoms with van der Waals surface area (Å²) in [6.45, 7) is 4.06. The first-order valence-electron chi connectivity index (χ1n) is 19.0. The lowest BCUT2D eigenvalue weighted by Gasteiger charge is -2.29. The van der Waals surface area contributed by atoms with E-state index in [1.165, 1.54) is 38.1 Å². The molecule has 0 aliphatic carbocycles. The Hall–Kier alpha value is -7.42. The largest absolute Gasteiger partial charge is 0.455 e. The van der Waals surface area contributed by atoms with Crippen molar-refractivity contribution in [1.29, 1.82) is 0 Å². The quantitative estimate of drug-likeness (QED) is 0.115. The van der Waals surface area contributed by atoms with E-state index >= 15 is 0 Å². The van der Waals surface area contributed by atoms with E-state index in [-0.39, 0.29) is 0 Å². The van der Waals surface area contributed by atoms with E-state index in [9.17, 15) is 0 Å². The number of para-hydroxylation sites is 1. The normalized spacial score (nSPS) is 12.0. The number of nitrogens with zero attached hydrogens (tertiary/aromatic N) is 1. The summed E-state index contributed by atoms with van der Waals surface area (Å²) in [5.74, 6) is 0. The highest BCUT2D eigenvalue weighted by atomic mass is 16.3. The van der Waals surface area contributed by atoms with Crippen molar-refractivity contribution in [1.82, 2.24) is 0 Å². The Labute approximate surface area is 326 Å². The van der Waals surface area contributed by atoms with Crippen LogP contribution in [0.2, 0.25) is 0 Å². The van der Waals surface area contributed by atoms with Gasteiger partial charge in [0.25, 0.3) is 0 Å². The van der Waals surface area contributed by atoms with E-state index in [0.717, 1.165) is 61.1 Å². The van der Waals surface area contributed by atoms with Gasteiger partial charge < -0.3 is 9.32 Å². The van der Waals surface area contributed by atoms with Crippen LogP contribution in [0.5, 0.6) is 0 Å². The van der Waals surface area contributed by atoms with Crippen LogP contribution >= 0.6 is 0 Å².